The summed E-state index contributed by atoms with van der Waals surface area (Å²) in [6.45, 7) is 7.76. The van der Waals surface area contributed by atoms with Gasteiger partial charge >= 0.3 is 0 Å². The van der Waals surface area contributed by atoms with E-state index < -0.39 is 0 Å². The zero-order valence-electron chi connectivity index (χ0n) is 15.4. The molecule has 3 heterocycles. The molecule has 0 saturated carbocycles. The highest BCUT2D eigenvalue weighted by molar-refractivity contribution is 7.21. The molecule has 136 valence electrons. The van der Waals surface area contributed by atoms with Crippen molar-refractivity contribution in [1.29, 1.82) is 0 Å². The number of nitrogens with zero attached hydrogens (tertiary/aromatic N) is 4. The van der Waals surface area contributed by atoms with Gasteiger partial charge in [0.25, 0.3) is 0 Å². The average molecular weight is 375 g/mol. The third kappa shape index (κ3) is 3.83. The lowest BCUT2D eigenvalue weighted by atomic mass is 10.1. The minimum absolute atomic E-state index is 1.01. The predicted molar refractivity (Wildman–Crippen MR) is 117 cm³/mol. The molecule has 0 atom stereocenters. The highest BCUT2D eigenvalue weighted by Crippen LogP contribution is 2.32. The second-order valence-corrected chi connectivity index (χ2v) is 7.71. The number of aromatic nitrogens is 2. The van der Waals surface area contributed by atoms with Gasteiger partial charge in [0.05, 0.1) is 10.2 Å². The fraction of sp³-hybridized carbons (Fsp3) is 0.227. The molecule has 1 fully saturated rings. The van der Waals surface area contributed by atoms with Gasteiger partial charge in [-0.25, -0.2) is 9.97 Å². The number of hydrogen-bond acceptors (Lipinski definition) is 5. The fourth-order valence-corrected chi connectivity index (χ4v) is 4.22. The Kier molecular flexibility index (Phi) is 5.12. The van der Waals surface area contributed by atoms with E-state index in [4.69, 9.17) is 4.98 Å². The molecule has 2 aromatic heterocycles. The van der Waals surface area contributed by atoms with Crippen LogP contribution in [0.2, 0.25) is 0 Å². The number of thiazole rings is 1. The number of anilines is 1. The molecule has 1 aliphatic heterocycles. The van der Waals surface area contributed by atoms with E-state index in [0.29, 0.717) is 0 Å². The van der Waals surface area contributed by atoms with Crippen molar-refractivity contribution in [2.75, 3.05) is 18.0 Å². The molecular formula is C22H22N4S. The number of pyridine rings is 1. The quantitative estimate of drug-likeness (QED) is 0.433. The molecule has 27 heavy (non-hydrogen) atoms. The second-order valence-electron chi connectivity index (χ2n) is 6.67. The number of rotatable bonds is 5. The molecule has 0 bridgehead atoms. The predicted octanol–water partition coefficient (Wildman–Crippen LogP) is 5.58. The van der Waals surface area contributed by atoms with Crippen LogP contribution in [-0.4, -0.2) is 29.8 Å². The molecule has 0 unspecified atom stereocenters. The first-order valence-corrected chi connectivity index (χ1v) is 9.98. The van der Waals surface area contributed by atoms with Gasteiger partial charge in [0.2, 0.25) is 0 Å². The lowest BCUT2D eigenvalue weighted by Crippen LogP contribution is -2.18. The Morgan fingerprint density at radius 3 is 2.81 bits per heavy atom. The Labute approximate surface area is 163 Å². The zero-order chi connectivity index (χ0) is 18.6. The molecule has 5 heteroatoms. The largest absolute Gasteiger partial charge is 0.357 e. The SMILES string of the molecule is C=N/C=C\C=C(/C)c1ccc2sc(-c3ccc(N4CCCC4)nc3)nc2c1. The standard InChI is InChI=1S/C22H22N4S/c1-16(6-5-11-23-2)17-7-9-20-19(14-17)25-22(27-20)18-8-10-21(24-15-18)26-12-3-4-13-26/h5-11,14-15H,2-4,12-13H2,1H3/b11-5-,16-6+. The van der Waals surface area contributed by atoms with Gasteiger partial charge in [-0.15, -0.1) is 11.3 Å². The topological polar surface area (TPSA) is 41.4 Å². The van der Waals surface area contributed by atoms with Gasteiger partial charge in [-0.3, -0.25) is 4.99 Å². The summed E-state index contributed by atoms with van der Waals surface area (Å²) in [7, 11) is 0. The monoisotopic (exact) mass is 374 g/mol. The fourth-order valence-electron chi connectivity index (χ4n) is 3.29. The highest BCUT2D eigenvalue weighted by Gasteiger charge is 2.14. The Hall–Kier alpha value is -2.79. The van der Waals surface area contributed by atoms with E-state index in [9.17, 15) is 0 Å². The first-order valence-electron chi connectivity index (χ1n) is 9.16. The molecule has 4 nitrogen and oxygen atoms in total. The van der Waals surface area contributed by atoms with Crippen LogP contribution >= 0.6 is 11.3 Å². The summed E-state index contributed by atoms with van der Waals surface area (Å²) < 4.78 is 1.19. The Morgan fingerprint density at radius 1 is 1.22 bits per heavy atom. The van der Waals surface area contributed by atoms with Crippen molar-refractivity contribution in [3.8, 4) is 10.6 Å². The molecule has 1 aromatic carbocycles. The summed E-state index contributed by atoms with van der Waals surface area (Å²) in [5.41, 5.74) is 4.43. The molecule has 0 radical (unpaired) electrons. The first-order chi connectivity index (χ1) is 13.2. The van der Waals surface area contributed by atoms with Crippen LogP contribution in [0.15, 0.2) is 59.9 Å². The third-order valence-corrected chi connectivity index (χ3v) is 5.89. The van der Waals surface area contributed by atoms with Crippen molar-refractivity contribution in [1.82, 2.24) is 9.97 Å². The molecule has 3 aromatic rings. The summed E-state index contributed by atoms with van der Waals surface area (Å²) in [4.78, 5) is 15.6. The Morgan fingerprint density at radius 2 is 2.07 bits per heavy atom. The smallest absolute Gasteiger partial charge is 0.128 e. The van der Waals surface area contributed by atoms with E-state index in [-0.39, 0.29) is 0 Å². The van der Waals surface area contributed by atoms with Gasteiger partial charge in [-0.1, -0.05) is 12.1 Å². The minimum atomic E-state index is 1.01. The number of allylic oxidation sites excluding steroid dienone is 3. The van der Waals surface area contributed by atoms with E-state index in [1.807, 2.05) is 18.3 Å². The van der Waals surface area contributed by atoms with Crippen LogP contribution in [0.25, 0.3) is 26.4 Å². The van der Waals surface area contributed by atoms with Crippen molar-refractivity contribution in [3.05, 3.63) is 60.4 Å². The number of hydrogen-bond donors (Lipinski definition) is 0. The molecule has 4 rings (SSSR count). The van der Waals surface area contributed by atoms with Crippen molar-refractivity contribution < 1.29 is 0 Å². The normalized spacial score (nSPS) is 15.1. The summed E-state index contributed by atoms with van der Waals surface area (Å²) in [5.74, 6) is 1.07. The van der Waals surface area contributed by atoms with Gasteiger partial charge in [0.15, 0.2) is 0 Å². The maximum atomic E-state index is 4.84. The van der Waals surface area contributed by atoms with Gasteiger partial charge in [-0.05, 0) is 68.0 Å². The Balaban J connectivity index is 1.60. The molecule has 0 spiro atoms. The first kappa shape index (κ1) is 17.6. The van der Waals surface area contributed by atoms with Crippen LogP contribution in [0.1, 0.15) is 25.3 Å². The van der Waals surface area contributed by atoms with Gasteiger partial charge in [0.1, 0.15) is 10.8 Å². The van der Waals surface area contributed by atoms with Crippen molar-refractivity contribution in [2.45, 2.75) is 19.8 Å². The average Bonchev–Trinajstić information content (AvgIpc) is 3.37. The van der Waals surface area contributed by atoms with E-state index in [2.05, 4.69) is 58.8 Å². The van der Waals surface area contributed by atoms with Crippen LogP contribution in [0.4, 0.5) is 5.82 Å². The Bertz CT molecular complexity index is 1010. The molecule has 0 amide bonds. The second kappa shape index (κ2) is 7.84. The van der Waals surface area contributed by atoms with E-state index in [0.717, 1.165) is 40.6 Å². The van der Waals surface area contributed by atoms with E-state index in [1.54, 1.807) is 17.5 Å². The molecule has 0 aliphatic carbocycles. The molecule has 1 saturated heterocycles. The summed E-state index contributed by atoms with van der Waals surface area (Å²) >= 11 is 1.71. The van der Waals surface area contributed by atoms with Gasteiger partial charge < -0.3 is 4.90 Å². The molecule has 0 N–H and O–H groups in total. The zero-order valence-corrected chi connectivity index (χ0v) is 16.2. The third-order valence-electron chi connectivity index (χ3n) is 4.81. The van der Waals surface area contributed by atoms with E-state index >= 15 is 0 Å². The lowest BCUT2D eigenvalue weighted by Gasteiger charge is -2.15. The van der Waals surface area contributed by atoms with Crippen LogP contribution in [0, 0.1) is 0 Å². The number of benzene rings is 1. The number of fused-ring (bicyclic) bond motifs is 1. The van der Waals surface area contributed by atoms with Gasteiger partial charge in [0, 0.05) is 31.0 Å². The maximum Gasteiger partial charge on any atom is 0.128 e. The van der Waals surface area contributed by atoms with Crippen LogP contribution in [-0.2, 0) is 0 Å². The highest BCUT2D eigenvalue weighted by atomic mass is 32.1. The maximum absolute atomic E-state index is 4.84. The van der Waals surface area contributed by atoms with E-state index in [1.165, 1.54) is 23.1 Å². The summed E-state index contributed by atoms with van der Waals surface area (Å²) in [5, 5.41) is 1.01. The summed E-state index contributed by atoms with van der Waals surface area (Å²) in [6, 6.07) is 10.7. The summed E-state index contributed by atoms with van der Waals surface area (Å²) in [6.07, 6.45) is 10.1. The minimum Gasteiger partial charge on any atom is -0.357 e. The van der Waals surface area contributed by atoms with Crippen molar-refractivity contribution in [2.24, 2.45) is 4.99 Å². The number of aliphatic imine (C=N–C) groups is 1. The van der Waals surface area contributed by atoms with Crippen LogP contribution < -0.4 is 4.90 Å². The van der Waals surface area contributed by atoms with Crippen molar-refractivity contribution in [3.63, 3.8) is 0 Å². The van der Waals surface area contributed by atoms with Crippen molar-refractivity contribution >= 4 is 39.7 Å². The molecule has 1 aliphatic rings. The molecular weight excluding hydrogens is 352 g/mol. The van der Waals surface area contributed by atoms with Gasteiger partial charge in [-0.2, -0.15) is 0 Å². The van der Waals surface area contributed by atoms with Crippen LogP contribution in [0.3, 0.4) is 0 Å². The van der Waals surface area contributed by atoms with Crippen LogP contribution in [0.5, 0.6) is 0 Å². The lowest BCUT2D eigenvalue weighted by molar-refractivity contribution is 0.938.